The van der Waals surface area contributed by atoms with Crippen LogP contribution in [0.5, 0.6) is 11.6 Å². The van der Waals surface area contributed by atoms with Crippen molar-refractivity contribution in [3.8, 4) is 11.6 Å². The van der Waals surface area contributed by atoms with Crippen molar-refractivity contribution >= 4 is 23.2 Å². The lowest BCUT2D eigenvalue weighted by Gasteiger charge is -2.09. The summed E-state index contributed by atoms with van der Waals surface area (Å²) in [5.74, 6) is 0.925. The topological polar surface area (TPSA) is 48.1 Å². The molecule has 5 heteroatoms. The second-order valence-electron chi connectivity index (χ2n) is 3.87. The fraction of sp³-hybridized carbons (Fsp3) is 0.154. The fourth-order valence-electron chi connectivity index (χ4n) is 1.40. The predicted molar refractivity (Wildman–Crippen MR) is 73.4 cm³/mol. The summed E-state index contributed by atoms with van der Waals surface area (Å²) in [5, 5.41) is 0.818. The molecule has 3 nitrogen and oxygen atoms in total. The van der Waals surface area contributed by atoms with Gasteiger partial charge in [-0.15, -0.1) is 0 Å². The van der Waals surface area contributed by atoms with Gasteiger partial charge in [-0.05, 0) is 24.6 Å². The van der Waals surface area contributed by atoms with Gasteiger partial charge in [0.25, 0.3) is 0 Å². The molecule has 0 radical (unpaired) electrons. The van der Waals surface area contributed by atoms with E-state index in [4.69, 9.17) is 33.7 Å². The molecule has 2 aromatic rings. The Labute approximate surface area is 115 Å². The maximum absolute atomic E-state index is 6.02. The number of ether oxygens (including phenoxy) is 1. The fourth-order valence-corrected chi connectivity index (χ4v) is 1.73. The Hall–Kier alpha value is -1.29. The van der Waals surface area contributed by atoms with Crippen molar-refractivity contribution in [2.24, 2.45) is 5.73 Å². The van der Waals surface area contributed by atoms with Gasteiger partial charge in [0.05, 0.1) is 5.02 Å². The van der Waals surface area contributed by atoms with E-state index in [2.05, 4.69) is 4.98 Å². The first-order chi connectivity index (χ1) is 8.58. The lowest BCUT2D eigenvalue weighted by atomic mass is 10.2. The minimum Gasteiger partial charge on any atom is -0.437 e. The smallest absolute Gasteiger partial charge is 0.219 e. The highest BCUT2D eigenvalue weighted by molar-refractivity contribution is 6.42. The molecule has 0 saturated heterocycles. The Kier molecular flexibility index (Phi) is 4.07. The van der Waals surface area contributed by atoms with Crippen molar-refractivity contribution in [1.82, 2.24) is 4.98 Å². The minimum absolute atomic E-state index is 0.0543. The van der Waals surface area contributed by atoms with E-state index in [1.54, 1.807) is 30.5 Å². The molecule has 0 amide bonds. The molecule has 18 heavy (non-hydrogen) atoms. The van der Waals surface area contributed by atoms with Gasteiger partial charge in [0.1, 0.15) is 10.8 Å². The van der Waals surface area contributed by atoms with E-state index in [0.717, 1.165) is 5.56 Å². The first kappa shape index (κ1) is 13.1. The van der Waals surface area contributed by atoms with Gasteiger partial charge in [-0.2, -0.15) is 0 Å². The second-order valence-corrected chi connectivity index (χ2v) is 4.66. The molecule has 0 bridgehead atoms. The van der Waals surface area contributed by atoms with Crippen LogP contribution in [0.3, 0.4) is 0 Å². The van der Waals surface area contributed by atoms with Gasteiger partial charge in [-0.1, -0.05) is 35.3 Å². The molecular weight excluding hydrogens is 271 g/mol. The van der Waals surface area contributed by atoms with Gasteiger partial charge in [0, 0.05) is 18.3 Å². The van der Waals surface area contributed by atoms with Gasteiger partial charge < -0.3 is 10.5 Å². The molecule has 2 rings (SSSR count). The maximum atomic E-state index is 6.02. The third-order valence-electron chi connectivity index (χ3n) is 2.42. The number of halogens is 2. The summed E-state index contributed by atoms with van der Waals surface area (Å²) in [6.45, 7) is 1.89. The molecule has 1 heterocycles. The van der Waals surface area contributed by atoms with Crippen LogP contribution in [-0.4, -0.2) is 4.98 Å². The molecule has 1 aromatic heterocycles. The van der Waals surface area contributed by atoms with E-state index < -0.39 is 0 Å². The van der Waals surface area contributed by atoms with Crippen LogP contribution in [0.2, 0.25) is 10.0 Å². The molecule has 0 aliphatic carbocycles. The first-order valence-corrected chi connectivity index (χ1v) is 6.17. The Morgan fingerprint density at radius 1 is 1.22 bits per heavy atom. The zero-order valence-electron chi connectivity index (χ0n) is 9.73. The van der Waals surface area contributed by atoms with Crippen molar-refractivity contribution in [2.75, 3.05) is 0 Å². The summed E-state index contributed by atoms with van der Waals surface area (Å²) in [6.07, 6.45) is 1.68. The van der Waals surface area contributed by atoms with Crippen molar-refractivity contribution < 1.29 is 4.74 Å². The van der Waals surface area contributed by atoms with Crippen LogP contribution in [0.25, 0.3) is 0 Å². The molecule has 0 aliphatic heterocycles. The van der Waals surface area contributed by atoms with Crippen molar-refractivity contribution in [1.29, 1.82) is 0 Å². The third kappa shape index (κ3) is 2.93. The van der Waals surface area contributed by atoms with Crippen LogP contribution < -0.4 is 10.5 Å². The highest BCUT2D eigenvalue weighted by Crippen LogP contribution is 2.34. The molecule has 0 fully saturated rings. The quantitative estimate of drug-likeness (QED) is 0.918. The molecule has 1 atom stereocenters. The monoisotopic (exact) mass is 282 g/mol. The zero-order chi connectivity index (χ0) is 13.1. The summed E-state index contributed by atoms with van der Waals surface area (Å²) < 4.78 is 5.56. The predicted octanol–water partition coefficient (Wildman–Crippen LogP) is 4.20. The Morgan fingerprint density at radius 2 is 2.00 bits per heavy atom. The minimum atomic E-state index is -0.0543. The summed E-state index contributed by atoms with van der Waals surface area (Å²) in [5.41, 5.74) is 6.68. The van der Waals surface area contributed by atoms with Gasteiger partial charge in [-0.25, -0.2) is 4.98 Å². The molecule has 2 N–H and O–H groups in total. The van der Waals surface area contributed by atoms with Gasteiger partial charge in [0.15, 0.2) is 0 Å². The second kappa shape index (κ2) is 5.57. The molecule has 94 valence electrons. The van der Waals surface area contributed by atoms with E-state index in [9.17, 15) is 0 Å². The number of aromatic nitrogens is 1. The lowest BCUT2D eigenvalue weighted by Crippen LogP contribution is -2.05. The lowest BCUT2D eigenvalue weighted by molar-refractivity contribution is 0.462. The van der Waals surface area contributed by atoms with Crippen LogP contribution in [0.15, 0.2) is 36.5 Å². The van der Waals surface area contributed by atoms with Gasteiger partial charge >= 0.3 is 0 Å². The zero-order valence-corrected chi connectivity index (χ0v) is 11.2. The SMILES string of the molecule is CC(N)c1ccc(Oc2cccc(Cl)c2Cl)nc1. The largest absolute Gasteiger partial charge is 0.437 e. The number of hydrogen-bond acceptors (Lipinski definition) is 3. The molecular formula is C13H12Cl2N2O. The van der Waals surface area contributed by atoms with Crippen LogP contribution in [0.4, 0.5) is 0 Å². The average molecular weight is 283 g/mol. The summed E-state index contributed by atoms with van der Waals surface area (Å²) in [6, 6.07) is 8.75. The molecule has 0 aliphatic rings. The van der Waals surface area contributed by atoms with Crippen LogP contribution in [0.1, 0.15) is 18.5 Å². The Morgan fingerprint density at radius 3 is 2.61 bits per heavy atom. The number of rotatable bonds is 3. The normalized spacial score (nSPS) is 12.2. The van der Waals surface area contributed by atoms with E-state index in [1.807, 2.05) is 13.0 Å². The average Bonchev–Trinajstić information content (AvgIpc) is 2.36. The number of hydrogen-bond donors (Lipinski definition) is 1. The van der Waals surface area contributed by atoms with Crippen molar-refractivity contribution in [3.05, 3.63) is 52.1 Å². The molecule has 1 aromatic carbocycles. The summed E-state index contributed by atoms with van der Waals surface area (Å²) >= 11 is 11.9. The Bertz CT molecular complexity index is 541. The highest BCUT2D eigenvalue weighted by atomic mass is 35.5. The van der Waals surface area contributed by atoms with Gasteiger partial charge in [-0.3, -0.25) is 0 Å². The van der Waals surface area contributed by atoms with Crippen LogP contribution in [0, 0.1) is 0 Å². The highest BCUT2D eigenvalue weighted by Gasteiger charge is 2.07. The first-order valence-electron chi connectivity index (χ1n) is 5.41. The van der Waals surface area contributed by atoms with E-state index >= 15 is 0 Å². The van der Waals surface area contributed by atoms with E-state index in [1.165, 1.54) is 0 Å². The molecule has 0 spiro atoms. The van der Waals surface area contributed by atoms with E-state index in [0.29, 0.717) is 21.7 Å². The van der Waals surface area contributed by atoms with Crippen molar-refractivity contribution in [2.45, 2.75) is 13.0 Å². The van der Waals surface area contributed by atoms with Crippen LogP contribution in [-0.2, 0) is 0 Å². The third-order valence-corrected chi connectivity index (χ3v) is 3.22. The number of nitrogens with zero attached hydrogens (tertiary/aromatic N) is 1. The van der Waals surface area contributed by atoms with Crippen LogP contribution >= 0.6 is 23.2 Å². The van der Waals surface area contributed by atoms with Crippen molar-refractivity contribution in [3.63, 3.8) is 0 Å². The van der Waals surface area contributed by atoms with Gasteiger partial charge in [0.2, 0.25) is 5.88 Å². The number of pyridine rings is 1. The molecule has 0 saturated carbocycles. The standard InChI is InChI=1S/C13H12Cl2N2O/c1-8(16)9-5-6-12(17-7-9)18-11-4-2-3-10(14)13(11)15/h2-8H,16H2,1H3. The molecule has 1 unspecified atom stereocenters. The summed E-state index contributed by atoms with van der Waals surface area (Å²) in [4.78, 5) is 4.16. The number of benzene rings is 1. The maximum Gasteiger partial charge on any atom is 0.219 e. The Balaban J connectivity index is 2.21. The summed E-state index contributed by atoms with van der Waals surface area (Å²) in [7, 11) is 0. The number of nitrogens with two attached hydrogens (primary N) is 1. The van der Waals surface area contributed by atoms with E-state index in [-0.39, 0.29) is 6.04 Å².